The monoisotopic (exact) mass is 297 g/mol. The highest BCUT2D eigenvalue weighted by Gasteiger charge is 2.12. The third kappa shape index (κ3) is 3.31. The lowest BCUT2D eigenvalue weighted by Gasteiger charge is -2.08. The SMILES string of the molecule is Cc1cc(C)cc(NC(N)=NCc2ccc3c(c2)OCO3)c1. The number of benzene rings is 2. The van der Waals surface area contributed by atoms with Crippen molar-refractivity contribution < 1.29 is 9.47 Å². The lowest BCUT2D eigenvalue weighted by Crippen LogP contribution is -2.22. The second-order valence-corrected chi connectivity index (χ2v) is 5.39. The molecule has 2 aromatic rings. The van der Waals surface area contributed by atoms with Crippen LogP contribution in [0.15, 0.2) is 41.4 Å². The van der Waals surface area contributed by atoms with Crippen molar-refractivity contribution in [2.24, 2.45) is 10.7 Å². The Kier molecular flexibility index (Phi) is 3.87. The van der Waals surface area contributed by atoms with Gasteiger partial charge < -0.3 is 20.5 Å². The molecule has 0 fully saturated rings. The highest BCUT2D eigenvalue weighted by atomic mass is 16.7. The second-order valence-electron chi connectivity index (χ2n) is 5.39. The van der Waals surface area contributed by atoms with Gasteiger partial charge in [0.05, 0.1) is 6.54 Å². The first-order valence-corrected chi connectivity index (χ1v) is 7.14. The summed E-state index contributed by atoms with van der Waals surface area (Å²) in [6.45, 7) is 4.87. The topological polar surface area (TPSA) is 68.9 Å². The van der Waals surface area contributed by atoms with Crippen LogP contribution in [0.2, 0.25) is 0 Å². The van der Waals surface area contributed by atoms with Crippen molar-refractivity contribution in [2.75, 3.05) is 12.1 Å². The largest absolute Gasteiger partial charge is 0.454 e. The molecule has 0 radical (unpaired) electrons. The van der Waals surface area contributed by atoms with Gasteiger partial charge in [0.2, 0.25) is 6.79 Å². The molecule has 0 saturated heterocycles. The van der Waals surface area contributed by atoms with E-state index in [2.05, 4.69) is 30.2 Å². The minimum atomic E-state index is 0.276. The molecule has 1 aliphatic heterocycles. The summed E-state index contributed by atoms with van der Waals surface area (Å²) in [6, 6.07) is 12.0. The zero-order valence-electron chi connectivity index (χ0n) is 12.7. The van der Waals surface area contributed by atoms with Crippen molar-refractivity contribution in [3.63, 3.8) is 0 Å². The summed E-state index contributed by atoms with van der Waals surface area (Å²) < 4.78 is 10.6. The zero-order valence-corrected chi connectivity index (χ0v) is 12.7. The zero-order chi connectivity index (χ0) is 15.5. The van der Waals surface area contributed by atoms with Gasteiger partial charge in [0, 0.05) is 5.69 Å². The molecule has 2 aromatic carbocycles. The average Bonchev–Trinajstić information content (AvgIpc) is 2.91. The number of rotatable bonds is 3. The Bertz CT molecular complexity index is 706. The summed E-state index contributed by atoms with van der Waals surface area (Å²) in [4.78, 5) is 4.36. The summed E-state index contributed by atoms with van der Waals surface area (Å²) in [7, 11) is 0. The quantitative estimate of drug-likeness (QED) is 0.675. The number of hydrogen-bond acceptors (Lipinski definition) is 3. The van der Waals surface area contributed by atoms with Crippen LogP contribution in [0, 0.1) is 13.8 Å². The minimum Gasteiger partial charge on any atom is -0.454 e. The maximum absolute atomic E-state index is 5.95. The Hall–Kier alpha value is -2.69. The normalized spacial score (nSPS) is 13.3. The molecule has 0 aromatic heterocycles. The van der Waals surface area contributed by atoms with Crippen LogP contribution in [0.4, 0.5) is 5.69 Å². The fourth-order valence-corrected chi connectivity index (χ4v) is 2.45. The number of fused-ring (bicyclic) bond motifs is 1. The van der Waals surface area contributed by atoms with E-state index in [9.17, 15) is 0 Å². The van der Waals surface area contributed by atoms with Gasteiger partial charge in [-0.2, -0.15) is 0 Å². The first kappa shape index (κ1) is 14.3. The Morgan fingerprint density at radius 1 is 1.09 bits per heavy atom. The van der Waals surface area contributed by atoms with Crippen LogP contribution >= 0.6 is 0 Å². The molecule has 0 atom stereocenters. The molecule has 1 heterocycles. The van der Waals surface area contributed by atoms with E-state index in [0.717, 1.165) is 22.7 Å². The third-order valence-electron chi connectivity index (χ3n) is 3.36. The Morgan fingerprint density at radius 3 is 2.59 bits per heavy atom. The average molecular weight is 297 g/mol. The number of anilines is 1. The van der Waals surface area contributed by atoms with Gasteiger partial charge in [0.25, 0.3) is 0 Å². The summed E-state index contributed by atoms with van der Waals surface area (Å²) in [5.41, 5.74) is 10.3. The molecule has 0 saturated carbocycles. The molecule has 1 aliphatic rings. The maximum atomic E-state index is 5.95. The third-order valence-corrected chi connectivity index (χ3v) is 3.36. The van der Waals surface area contributed by atoms with Crippen LogP contribution in [0.1, 0.15) is 16.7 Å². The van der Waals surface area contributed by atoms with Crippen molar-refractivity contribution >= 4 is 11.6 Å². The molecule has 0 aliphatic carbocycles. The van der Waals surface area contributed by atoms with Gasteiger partial charge in [-0.1, -0.05) is 12.1 Å². The van der Waals surface area contributed by atoms with Gasteiger partial charge in [0.15, 0.2) is 17.5 Å². The molecule has 0 spiro atoms. The van der Waals surface area contributed by atoms with Crippen molar-refractivity contribution in [2.45, 2.75) is 20.4 Å². The number of aryl methyl sites for hydroxylation is 2. The van der Waals surface area contributed by atoms with E-state index in [4.69, 9.17) is 15.2 Å². The molecular weight excluding hydrogens is 278 g/mol. The summed E-state index contributed by atoms with van der Waals surface area (Å²) in [6.07, 6.45) is 0. The lowest BCUT2D eigenvalue weighted by molar-refractivity contribution is 0.174. The van der Waals surface area contributed by atoms with Crippen LogP contribution < -0.4 is 20.5 Å². The summed E-state index contributed by atoms with van der Waals surface area (Å²) in [5.74, 6) is 1.92. The molecule has 114 valence electrons. The van der Waals surface area contributed by atoms with Gasteiger partial charge in [-0.05, 0) is 54.8 Å². The standard InChI is InChI=1S/C17H19N3O2/c1-11-5-12(2)7-14(6-11)20-17(18)19-9-13-3-4-15-16(8-13)22-10-21-15/h3-8H,9-10H2,1-2H3,(H3,18,19,20). The molecule has 3 rings (SSSR count). The molecule has 0 amide bonds. The number of ether oxygens (including phenoxy) is 2. The van der Waals surface area contributed by atoms with Crippen molar-refractivity contribution in [1.29, 1.82) is 0 Å². The van der Waals surface area contributed by atoms with Crippen LogP contribution in [0.5, 0.6) is 11.5 Å². The first-order valence-electron chi connectivity index (χ1n) is 7.14. The van der Waals surface area contributed by atoms with Gasteiger partial charge >= 0.3 is 0 Å². The molecular formula is C17H19N3O2. The fourth-order valence-electron chi connectivity index (χ4n) is 2.45. The van der Waals surface area contributed by atoms with Gasteiger partial charge in [0.1, 0.15) is 0 Å². The highest BCUT2D eigenvalue weighted by Crippen LogP contribution is 2.32. The Morgan fingerprint density at radius 2 is 1.82 bits per heavy atom. The molecule has 5 heteroatoms. The van der Waals surface area contributed by atoms with Crippen molar-refractivity contribution in [3.05, 3.63) is 53.1 Å². The number of hydrogen-bond donors (Lipinski definition) is 2. The van der Waals surface area contributed by atoms with Crippen LogP contribution in [0.3, 0.4) is 0 Å². The van der Waals surface area contributed by atoms with E-state index in [1.807, 2.05) is 30.3 Å². The smallest absolute Gasteiger partial charge is 0.231 e. The van der Waals surface area contributed by atoms with Crippen LogP contribution in [0.25, 0.3) is 0 Å². The molecule has 0 unspecified atom stereocenters. The summed E-state index contributed by atoms with van der Waals surface area (Å²) >= 11 is 0. The minimum absolute atomic E-state index is 0.276. The molecule has 0 bridgehead atoms. The molecule has 22 heavy (non-hydrogen) atoms. The van der Waals surface area contributed by atoms with E-state index in [-0.39, 0.29) is 6.79 Å². The van der Waals surface area contributed by atoms with Gasteiger partial charge in [-0.15, -0.1) is 0 Å². The van der Waals surface area contributed by atoms with E-state index in [1.54, 1.807) is 0 Å². The number of nitrogens with one attached hydrogen (secondary N) is 1. The predicted molar refractivity (Wildman–Crippen MR) is 87.4 cm³/mol. The van der Waals surface area contributed by atoms with Crippen molar-refractivity contribution in [3.8, 4) is 11.5 Å². The highest BCUT2D eigenvalue weighted by molar-refractivity contribution is 5.92. The van der Waals surface area contributed by atoms with E-state index in [0.29, 0.717) is 12.5 Å². The number of guanidine groups is 1. The van der Waals surface area contributed by atoms with Crippen LogP contribution in [-0.4, -0.2) is 12.8 Å². The van der Waals surface area contributed by atoms with Crippen molar-refractivity contribution in [1.82, 2.24) is 0 Å². The number of aliphatic imine (C=N–C) groups is 1. The Balaban J connectivity index is 1.67. The molecule has 5 nitrogen and oxygen atoms in total. The van der Waals surface area contributed by atoms with Crippen LogP contribution in [-0.2, 0) is 6.54 Å². The Labute approximate surface area is 129 Å². The van der Waals surface area contributed by atoms with E-state index in [1.165, 1.54) is 11.1 Å². The predicted octanol–water partition coefficient (Wildman–Crippen LogP) is 2.96. The van der Waals surface area contributed by atoms with E-state index < -0.39 is 0 Å². The second kappa shape index (κ2) is 5.97. The first-order chi connectivity index (χ1) is 10.6. The van der Waals surface area contributed by atoms with Gasteiger partial charge in [-0.25, -0.2) is 4.99 Å². The maximum Gasteiger partial charge on any atom is 0.231 e. The number of nitrogens with two attached hydrogens (primary N) is 1. The number of nitrogens with zero attached hydrogens (tertiary/aromatic N) is 1. The fraction of sp³-hybridized carbons (Fsp3) is 0.235. The lowest BCUT2D eigenvalue weighted by atomic mass is 10.1. The van der Waals surface area contributed by atoms with Gasteiger partial charge in [-0.3, -0.25) is 0 Å². The molecule has 3 N–H and O–H groups in total. The summed E-state index contributed by atoms with van der Waals surface area (Å²) in [5, 5.41) is 3.12. The van der Waals surface area contributed by atoms with E-state index >= 15 is 0 Å².